The Morgan fingerprint density at radius 2 is 2.23 bits per heavy atom. The zero-order valence-electron chi connectivity index (χ0n) is 15.1. The molecule has 1 aromatic heterocycles. The summed E-state index contributed by atoms with van der Waals surface area (Å²) >= 11 is 5.86. The van der Waals surface area contributed by atoms with Gasteiger partial charge in [0.15, 0.2) is 5.82 Å². The van der Waals surface area contributed by atoms with Crippen LogP contribution in [0.15, 0.2) is 30.6 Å². The topological polar surface area (TPSA) is 70.6 Å². The van der Waals surface area contributed by atoms with Gasteiger partial charge in [-0.2, -0.15) is 0 Å². The lowest BCUT2D eigenvalue weighted by Crippen LogP contribution is -2.38. The van der Waals surface area contributed by atoms with E-state index in [1.54, 1.807) is 31.5 Å². The van der Waals surface area contributed by atoms with Crippen molar-refractivity contribution in [3.63, 3.8) is 0 Å². The minimum Gasteiger partial charge on any atom is -0.495 e. The van der Waals surface area contributed by atoms with E-state index in [1.807, 2.05) is 11.9 Å². The lowest BCUT2D eigenvalue weighted by atomic mass is 10.1. The van der Waals surface area contributed by atoms with E-state index in [9.17, 15) is 4.79 Å². The molecule has 1 aliphatic rings. The van der Waals surface area contributed by atoms with E-state index in [0.717, 1.165) is 19.5 Å². The molecule has 2 aromatic rings. The molecule has 3 rings (SSSR count). The van der Waals surface area contributed by atoms with Crippen LogP contribution in [-0.4, -0.2) is 66.0 Å². The molecular weight excluding hydrogens is 354 g/mol. The zero-order chi connectivity index (χ0) is 18.7. The highest BCUT2D eigenvalue weighted by Crippen LogP contribution is 2.29. The lowest BCUT2D eigenvalue weighted by molar-refractivity contribution is 0.0737. The van der Waals surface area contributed by atoms with Gasteiger partial charge in [0.05, 0.1) is 25.2 Å². The second-order valence-electron chi connectivity index (χ2n) is 6.39. The second-order valence-corrected chi connectivity index (χ2v) is 6.78. The Morgan fingerprint density at radius 3 is 2.88 bits per heavy atom. The lowest BCUT2D eigenvalue weighted by Gasteiger charge is -2.25. The van der Waals surface area contributed by atoms with Gasteiger partial charge in [-0.25, -0.2) is 4.98 Å². The predicted octanol–water partition coefficient (Wildman–Crippen LogP) is 2.66. The number of aromatic nitrogens is 2. The molecule has 8 heteroatoms. The van der Waals surface area contributed by atoms with Crippen LogP contribution in [0.5, 0.6) is 5.75 Å². The van der Waals surface area contributed by atoms with Crippen molar-refractivity contribution >= 4 is 29.0 Å². The standard InChI is InChI=1S/C18H22ClN5O2/c1-23-7-6-13(11-23)24(2)18(25)12-4-5-14(15(8-12)26-3)21-17-10-20-9-16(19)22-17/h4-5,8-10,13H,6-7,11H2,1-3H3,(H,21,22). The number of amides is 1. The Morgan fingerprint density at radius 1 is 1.42 bits per heavy atom. The molecule has 1 fully saturated rings. The van der Waals surface area contributed by atoms with Crippen LogP contribution in [0.25, 0.3) is 0 Å². The highest BCUT2D eigenvalue weighted by Gasteiger charge is 2.27. The highest BCUT2D eigenvalue weighted by molar-refractivity contribution is 6.29. The van der Waals surface area contributed by atoms with Gasteiger partial charge in [-0.1, -0.05) is 11.6 Å². The molecule has 26 heavy (non-hydrogen) atoms. The number of anilines is 2. The number of likely N-dealkylation sites (N-methyl/N-ethyl adjacent to an activating group) is 2. The molecule has 0 radical (unpaired) electrons. The first kappa shape index (κ1) is 18.4. The van der Waals surface area contributed by atoms with Crippen molar-refractivity contribution < 1.29 is 9.53 Å². The average Bonchev–Trinajstić information content (AvgIpc) is 3.07. The number of carbonyl (C=O) groups excluding carboxylic acids is 1. The van der Waals surface area contributed by atoms with Crippen LogP contribution in [0.1, 0.15) is 16.8 Å². The molecule has 7 nitrogen and oxygen atoms in total. The van der Waals surface area contributed by atoms with Crippen LogP contribution in [0.3, 0.4) is 0 Å². The van der Waals surface area contributed by atoms with Crippen molar-refractivity contribution in [3.8, 4) is 5.75 Å². The quantitative estimate of drug-likeness (QED) is 0.866. The third-order valence-corrected chi connectivity index (χ3v) is 4.73. The maximum atomic E-state index is 12.8. The van der Waals surface area contributed by atoms with Gasteiger partial charge in [-0.3, -0.25) is 9.78 Å². The van der Waals surface area contributed by atoms with Gasteiger partial charge >= 0.3 is 0 Å². The first-order chi connectivity index (χ1) is 12.5. The summed E-state index contributed by atoms with van der Waals surface area (Å²) in [5.74, 6) is 1.04. The summed E-state index contributed by atoms with van der Waals surface area (Å²) in [6, 6.07) is 5.54. The fraction of sp³-hybridized carbons (Fsp3) is 0.389. The van der Waals surface area contributed by atoms with Crippen LogP contribution in [0, 0.1) is 0 Å². The third-order valence-electron chi connectivity index (χ3n) is 4.55. The van der Waals surface area contributed by atoms with Crippen LogP contribution in [0.2, 0.25) is 5.15 Å². The molecule has 0 spiro atoms. The number of halogens is 1. The van der Waals surface area contributed by atoms with E-state index in [2.05, 4.69) is 27.2 Å². The summed E-state index contributed by atoms with van der Waals surface area (Å²) in [5.41, 5.74) is 1.27. The Hall–Kier alpha value is -2.38. The summed E-state index contributed by atoms with van der Waals surface area (Å²) in [7, 11) is 5.49. The smallest absolute Gasteiger partial charge is 0.254 e. The number of hydrogen-bond acceptors (Lipinski definition) is 6. The predicted molar refractivity (Wildman–Crippen MR) is 101 cm³/mol. The first-order valence-electron chi connectivity index (χ1n) is 8.36. The Bertz CT molecular complexity index is 801. The minimum absolute atomic E-state index is 0.0160. The van der Waals surface area contributed by atoms with Gasteiger partial charge in [-0.15, -0.1) is 0 Å². The van der Waals surface area contributed by atoms with Crippen molar-refractivity contribution in [2.75, 3.05) is 39.6 Å². The molecule has 1 N–H and O–H groups in total. The van der Waals surface area contributed by atoms with Crippen molar-refractivity contribution in [1.29, 1.82) is 0 Å². The largest absolute Gasteiger partial charge is 0.495 e. The number of likely N-dealkylation sites (tertiary alicyclic amines) is 1. The molecule has 1 saturated heterocycles. The van der Waals surface area contributed by atoms with E-state index >= 15 is 0 Å². The number of hydrogen-bond donors (Lipinski definition) is 1. The molecule has 2 heterocycles. The molecule has 1 aliphatic heterocycles. The van der Waals surface area contributed by atoms with Crippen LogP contribution in [-0.2, 0) is 0 Å². The van der Waals surface area contributed by atoms with Gasteiger partial charge in [0.1, 0.15) is 10.9 Å². The first-order valence-corrected chi connectivity index (χ1v) is 8.74. The van der Waals surface area contributed by atoms with E-state index < -0.39 is 0 Å². The fourth-order valence-corrected chi connectivity index (χ4v) is 3.21. The number of ether oxygens (including phenoxy) is 1. The molecule has 0 aliphatic carbocycles. The Kier molecular flexibility index (Phi) is 5.58. The van der Waals surface area contributed by atoms with E-state index in [-0.39, 0.29) is 11.9 Å². The van der Waals surface area contributed by atoms with E-state index in [0.29, 0.717) is 28.0 Å². The van der Waals surface area contributed by atoms with E-state index in [1.165, 1.54) is 6.20 Å². The normalized spacial score (nSPS) is 17.2. The van der Waals surface area contributed by atoms with Gasteiger partial charge in [-0.05, 0) is 38.2 Å². The monoisotopic (exact) mass is 375 g/mol. The molecule has 1 atom stereocenters. The van der Waals surface area contributed by atoms with Crippen molar-refractivity contribution in [3.05, 3.63) is 41.3 Å². The molecule has 1 aromatic carbocycles. The van der Waals surface area contributed by atoms with Crippen molar-refractivity contribution in [2.45, 2.75) is 12.5 Å². The summed E-state index contributed by atoms with van der Waals surface area (Å²) in [4.78, 5) is 25.0. The molecule has 0 saturated carbocycles. The molecule has 0 bridgehead atoms. The van der Waals surface area contributed by atoms with E-state index in [4.69, 9.17) is 16.3 Å². The SMILES string of the molecule is COc1cc(C(=O)N(C)C2CCN(C)C2)ccc1Nc1cncc(Cl)n1. The minimum atomic E-state index is -0.0160. The number of benzene rings is 1. The molecule has 1 unspecified atom stereocenters. The summed E-state index contributed by atoms with van der Waals surface area (Å²) < 4.78 is 5.44. The van der Waals surface area contributed by atoms with Crippen LogP contribution >= 0.6 is 11.6 Å². The number of carbonyl (C=O) groups is 1. The zero-order valence-corrected chi connectivity index (χ0v) is 15.8. The molecular formula is C18H22ClN5O2. The summed E-state index contributed by atoms with van der Waals surface area (Å²) in [6.45, 7) is 1.90. The molecule has 138 valence electrons. The number of nitrogens with one attached hydrogen (secondary N) is 1. The van der Waals surface area contributed by atoms with Gasteiger partial charge in [0, 0.05) is 25.2 Å². The number of nitrogens with zero attached hydrogens (tertiary/aromatic N) is 4. The fourth-order valence-electron chi connectivity index (χ4n) is 3.07. The third kappa shape index (κ3) is 4.05. The maximum Gasteiger partial charge on any atom is 0.254 e. The van der Waals surface area contributed by atoms with Crippen molar-refractivity contribution in [1.82, 2.24) is 19.8 Å². The average molecular weight is 376 g/mol. The second kappa shape index (κ2) is 7.88. The number of rotatable bonds is 5. The van der Waals surface area contributed by atoms with Gasteiger partial charge in [0.25, 0.3) is 5.91 Å². The van der Waals surface area contributed by atoms with Crippen LogP contribution in [0.4, 0.5) is 11.5 Å². The van der Waals surface area contributed by atoms with Gasteiger partial charge < -0.3 is 19.9 Å². The Balaban J connectivity index is 1.78. The summed E-state index contributed by atoms with van der Waals surface area (Å²) in [6.07, 6.45) is 4.01. The highest BCUT2D eigenvalue weighted by atomic mass is 35.5. The Labute approximate surface area is 157 Å². The molecule has 1 amide bonds. The van der Waals surface area contributed by atoms with Crippen LogP contribution < -0.4 is 10.1 Å². The summed E-state index contributed by atoms with van der Waals surface area (Å²) in [5, 5.41) is 3.40. The van der Waals surface area contributed by atoms with Crippen molar-refractivity contribution in [2.24, 2.45) is 0 Å². The van der Waals surface area contributed by atoms with Gasteiger partial charge in [0.2, 0.25) is 0 Å². The maximum absolute atomic E-state index is 12.8. The number of methoxy groups -OCH3 is 1.